The van der Waals surface area contributed by atoms with Gasteiger partial charge in [-0.05, 0) is 13.8 Å². The Kier molecular flexibility index (Phi) is 1.63. The minimum absolute atomic E-state index is 0.914. The van der Waals surface area contributed by atoms with Gasteiger partial charge in [0.2, 0.25) is 0 Å². The highest BCUT2D eigenvalue weighted by Crippen LogP contribution is 1.53. The summed E-state index contributed by atoms with van der Waals surface area (Å²) in [5.74, 6) is 0. The molecule has 0 aliphatic rings. The number of aromatic nitrogens is 3. The molecular formula is C6H9N3. The standard InChI is InChI=1S/C6H9N3/c1-3-5-6(4-2)8-9-7-5/h3-4H,1-2H3,(H,7,8)/b5-3+,6-4+. The van der Waals surface area contributed by atoms with E-state index in [2.05, 4.69) is 15.4 Å². The van der Waals surface area contributed by atoms with Crippen LogP contribution >= 0.6 is 0 Å². The molecule has 1 heterocycles. The molecule has 48 valence electrons. The Bertz CT molecular complexity index is 255. The van der Waals surface area contributed by atoms with Gasteiger partial charge in [0.05, 0.1) is 5.35 Å². The normalized spacial score (nSPS) is 14.9. The Labute approximate surface area is 53.1 Å². The molecule has 3 nitrogen and oxygen atoms in total. The maximum Gasteiger partial charge on any atom is 0.108 e. The van der Waals surface area contributed by atoms with Gasteiger partial charge in [0, 0.05) is 0 Å². The lowest BCUT2D eigenvalue weighted by molar-refractivity contribution is 0.925. The van der Waals surface area contributed by atoms with Gasteiger partial charge in [-0.15, -0.1) is 5.10 Å². The molecule has 0 unspecified atom stereocenters. The largest absolute Gasteiger partial charge is 0.258 e. The summed E-state index contributed by atoms with van der Waals surface area (Å²) in [7, 11) is 0. The first kappa shape index (κ1) is 6.01. The van der Waals surface area contributed by atoms with Gasteiger partial charge < -0.3 is 0 Å². The lowest BCUT2D eigenvalue weighted by Crippen LogP contribution is -2.23. The van der Waals surface area contributed by atoms with Gasteiger partial charge in [0.25, 0.3) is 0 Å². The van der Waals surface area contributed by atoms with Crippen molar-refractivity contribution in [2.24, 2.45) is 0 Å². The fourth-order valence-electron chi connectivity index (χ4n) is 0.670. The molecule has 0 amide bonds. The van der Waals surface area contributed by atoms with Crippen LogP contribution in [0.3, 0.4) is 0 Å². The molecule has 0 saturated carbocycles. The number of nitrogens with zero attached hydrogens (tertiary/aromatic N) is 2. The molecule has 0 spiro atoms. The van der Waals surface area contributed by atoms with Crippen molar-refractivity contribution in [1.29, 1.82) is 0 Å². The van der Waals surface area contributed by atoms with Crippen LogP contribution in [0.25, 0.3) is 12.2 Å². The summed E-state index contributed by atoms with van der Waals surface area (Å²) in [5.41, 5.74) is 0. The lowest BCUT2D eigenvalue weighted by Gasteiger charge is -1.67. The molecule has 0 aromatic carbocycles. The molecule has 1 N–H and O–H groups in total. The van der Waals surface area contributed by atoms with E-state index < -0.39 is 0 Å². The van der Waals surface area contributed by atoms with Gasteiger partial charge in [-0.3, -0.25) is 5.10 Å². The van der Waals surface area contributed by atoms with E-state index in [-0.39, 0.29) is 0 Å². The van der Waals surface area contributed by atoms with Crippen LogP contribution < -0.4 is 10.7 Å². The van der Waals surface area contributed by atoms with E-state index in [1.807, 2.05) is 26.0 Å². The molecule has 1 rings (SSSR count). The molecule has 0 aliphatic carbocycles. The zero-order valence-electron chi connectivity index (χ0n) is 5.55. The fourth-order valence-corrected chi connectivity index (χ4v) is 0.670. The minimum atomic E-state index is 0.914. The summed E-state index contributed by atoms with van der Waals surface area (Å²) in [6.07, 6.45) is 3.86. The third-order valence-electron chi connectivity index (χ3n) is 1.17. The molecule has 9 heavy (non-hydrogen) atoms. The van der Waals surface area contributed by atoms with Crippen molar-refractivity contribution < 1.29 is 0 Å². The third-order valence-corrected chi connectivity index (χ3v) is 1.17. The number of H-pyrrole nitrogens is 1. The summed E-state index contributed by atoms with van der Waals surface area (Å²) in [4.78, 5) is 0. The monoisotopic (exact) mass is 123 g/mol. The van der Waals surface area contributed by atoms with Crippen molar-refractivity contribution in [3.05, 3.63) is 10.7 Å². The molecule has 1 aromatic rings. The Hall–Kier alpha value is -1.12. The highest BCUT2D eigenvalue weighted by atomic mass is 15.3. The van der Waals surface area contributed by atoms with E-state index in [1.165, 1.54) is 0 Å². The molecule has 3 heteroatoms. The number of aromatic amines is 1. The Morgan fingerprint density at radius 3 is 2.56 bits per heavy atom. The van der Waals surface area contributed by atoms with E-state index in [1.54, 1.807) is 0 Å². The van der Waals surface area contributed by atoms with E-state index in [4.69, 9.17) is 0 Å². The smallest absolute Gasteiger partial charge is 0.108 e. The maximum atomic E-state index is 3.81. The van der Waals surface area contributed by atoms with Crippen molar-refractivity contribution in [3.8, 4) is 0 Å². The summed E-state index contributed by atoms with van der Waals surface area (Å²) in [5, 5.41) is 12.1. The summed E-state index contributed by atoms with van der Waals surface area (Å²) in [6.45, 7) is 3.88. The van der Waals surface area contributed by atoms with Crippen LogP contribution in [0.2, 0.25) is 0 Å². The molecule has 0 bridgehead atoms. The highest BCUT2D eigenvalue weighted by molar-refractivity contribution is 5.19. The Balaban J connectivity index is 3.50. The predicted molar refractivity (Wildman–Crippen MR) is 35.9 cm³/mol. The molecule has 0 fully saturated rings. The molecule has 0 saturated heterocycles. The molecular weight excluding hydrogens is 114 g/mol. The van der Waals surface area contributed by atoms with Gasteiger partial charge in [0.1, 0.15) is 5.35 Å². The predicted octanol–water partition coefficient (Wildman–Crippen LogP) is -0.595. The SMILES string of the molecule is C/C=c1/nn[nH]/c1=C/C. The first-order valence-electron chi connectivity index (χ1n) is 2.88. The number of rotatable bonds is 0. The second-order valence-corrected chi connectivity index (χ2v) is 1.69. The van der Waals surface area contributed by atoms with E-state index in [0.717, 1.165) is 10.7 Å². The second-order valence-electron chi connectivity index (χ2n) is 1.69. The van der Waals surface area contributed by atoms with E-state index >= 15 is 0 Å². The summed E-state index contributed by atoms with van der Waals surface area (Å²) in [6, 6.07) is 0. The second kappa shape index (κ2) is 2.44. The Morgan fingerprint density at radius 2 is 2.11 bits per heavy atom. The Morgan fingerprint density at radius 1 is 1.33 bits per heavy atom. The average Bonchev–Trinajstić information content (AvgIpc) is 2.33. The van der Waals surface area contributed by atoms with Crippen molar-refractivity contribution in [1.82, 2.24) is 15.4 Å². The average molecular weight is 123 g/mol. The third kappa shape index (κ3) is 0.988. The van der Waals surface area contributed by atoms with Gasteiger partial charge >= 0.3 is 0 Å². The van der Waals surface area contributed by atoms with Crippen LogP contribution in [0, 0.1) is 0 Å². The first-order chi connectivity index (χ1) is 4.38. The van der Waals surface area contributed by atoms with Crippen LogP contribution in [0.1, 0.15) is 13.8 Å². The van der Waals surface area contributed by atoms with Crippen LogP contribution in [0.5, 0.6) is 0 Å². The minimum Gasteiger partial charge on any atom is -0.258 e. The molecule has 0 aliphatic heterocycles. The highest BCUT2D eigenvalue weighted by Gasteiger charge is 1.81. The van der Waals surface area contributed by atoms with Crippen molar-refractivity contribution >= 4 is 12.2 Å². The summed E-state index contributed by atoms with van der Waals surface area (Å²) >= 11 is 0. The molecule has 1 aromatic heterocycles. The van der Waals surface area contributed by atoms with Crippen LogP contribution in [0.4, 0.5) is 0 Å². The zero-order valence-corrected chi connectivity index (χ0v) is 5.55. The summed E-state index contributed by atoms with van der Waals surface area (Å²) < 4.78 is 0. The zero-order chi connectivity index (χ0) is 6.69. The van der Waals surface area contributed by atoms with Gasteiger partial charge in [0.15, 0.2) is 0 Å². The van der Waals surface area contributed by atoms with Crippen LogP contribution in [0.15, 0.2) is 0 Å². The molecule has 0 atom stereocenters. The van der Waals surface area contributed by atoms with Crippen molar-refractivity contribution in [3.63, 3.8) is 0 Å². The van der Waals surface area contributed by atoms with Crippen LogP contribution in [-0.4, -0.2) is 15.4 Å². The maximum absolute atomic E-state index is 3.81. The number of hydrogen-bond donors (Lipinski definition) is 1. The fraction of sp³-hybridized carbons (Fsp3) is 0.333. The topological polar surface area (TPSA) is 41.6 Å². The van der Waals surface area contributed by atoms with Gasteiger partial charge in [-0.2, -0.15) is 0 Å². The quantitative estimate of drug-likeness (QED) is 0.500. The van der Waals surface area contributed by atoms with E-state index in [0.29, 0.717) is 0 Å². The number of hydrogen-bond acceptors (Lipinski definition) is 2. The van der Waals surface area contributed by atoms with E-state index in [9.17, 15) is 0 Å². The first-order valence-corrected chi connectivity index (χ1v) is 2.88. The van der Waals surface area contributed by atoms with Gasteiger partial charge in [-0.1, -0.05) is 17.4 Å². The van der Waals surface area contributed by atoms with Gasteiger partial charge in [-0.25, -0.2) is 0 Å². The van der Waals surface area contributed by atoms with Crippen molar-refractivity contribution in [2.75, 3.05) is 0 Å². The number of nitrogens with one attached hydrogen (secondary N) is 1. The van der Waals surface area contributed by atoms with Crippen LogP contribution in [-0.2, 0) is 0 Å². The molecule has 0 radical (unpaired) electrons. The van der Waals surface area contributed by atoms with Crippen molar-refractivity contribution in [2.45, 2.75) is 13.8 Å². The lowest BCUT2D eigenvalue weighted by atomic mass is 10.5.